The van der Waals surface area contributed by atoms with E-state index in [0.29, 0.717) is 12.2 Å². The molecular weight excluding hydrogens is 235 g/mol. The van der Waals surface area contributed by atoms with Gasteiger partial charge in [0.25, 0.3) is 0 Å². The lowest BCUT2D eigenvalue weighted by Gasteiger charge is -2.19. The maximum atomic E-state index is 12.8. The molecule has 0 aliphatic rings. The van der Waals surface area contributed by atoms with E-state index in [-0.39, 0.29) is 18.9 Å². The van der Waals surface area contributed by atoms with Crippen LogP contribution in [0.25, 0.3) is 0 Å². The molecule has 0 saturated carbocycles. The van der Waals surface area contributed by atoms with Gasteiger partial charge in [0.15, 0.2) is 6.04 Å². The number of furan rings is 1. The van der Waals surface area contributed by atoms with E-state index in [0.717, 1.165) is 0 Å². The number of hydrogen-bond donors (Lipinski definition) is 1. The maximum Gasteiger partial charge on any atom is 0.410 e. The average Bonchev–Trinajstić information content (AvgIpc) is 2.65. The van der Waals surface area contributed by atoms with Gasteiger partial charge in [0.1, 0.15) is 18.1 Å². The molecule has 3 nitrogen and oxygen atoms in total. The van der Waals surface area contributed by atoms with Crippen LogP contribution in [0, 0.1) is 0 Å². The topological polar surface area (TPSA) is 34.4 Å². The number of rotatable bonds is 6. The Hall–Kier alpha value is -1.01. The largest absolute Gasteiger partial charge is 0.462 e. The van der Waals surface area contributed by atoms with Crippen LogP contribution in [0.2, 0.25) is 0 Å². The fourth-order valence-electron chi connectivity index (χ4n) is 1.44. The third-order valence-electron chi connectivity index (χ3n) is 2.18. The monoisotopic (exact) mass is 251 g/mol. The number of hydrogen-bond acceptors (Lipinski definition) is 3. The van der Waals surface area contributed by atoms with Crippen LogP contribution in [0.5, 0.6) is 0 Å². The van der Waals surface area contributed by atoms with E-state index in [1.165, 1.54) is 19.2 Å². The second-order valence-electron chi connectivity index (χ2n) is 3.67. The molecule has 1 aromatic heterocycles. The quantitative estimate of drug-likeness (QED) is 0.843. The van der Waals surface area contributed by atoms with Crippen LogP contribution in [0.15, 0.2) is 16.5 Å². The van der Waals surface area contributed by atoms with Crippen molar-refractivity contribution in [1.29, 1.82) is 0 Å². The summed E-state index contributed by atoms with van der Waals surface area (Å²) >= 11 is 0. The molecule has 98 valence electrons. The first-order valence-corrected chi connectivity index (χ1v) is 5.36. The number of methoxy groups -OCH3 is 1. The Bertz CT molecular complexity index is 336. The van der Waals surface area contributed by atoms with Crippen LogP contribution in [0.4, 0.5) is 13.2 Å². The standard InChI is InChI=1S/C11H16F3NO2/c1-3-6-15-10(11(12,13)14)9-5-4-8(17-9)7-16-2/h4-5,10,15H,3,6-7H2,1-2H3. The summed E-state index contributed by atoms with van der Waals surface area (Å²) < 4.78 is 48.2. The molecule has 1 N–H and O–H groups in total. The fraction of sp³-hybridized carbons (Fsp3) is 0.636. The van der Waals surface area contributed by atoms with Crippen molar-refractivity contribution in [2.24, 2.45) is 0 Å². The van der Waals surface area contributed by atoms with Crippen LogP contribution >= 0.6 is 0 Å². The van der Waals surface area contributed by atoms with E-state index in [1.54, 1.807) is 6.92 Å². The first-order chi connectivity index (χ1) is 7.99. The first-order valence-electron chi connectivity index (χ1n) is 5.36. The highest BCUT2D eigenvalue weighted by atomic mass is 19.4. The number of alkyl halides is 3. The van der Waals surface area contributed by atoms with Crippen LogP contribution in [0.1, 0.15) is 30.9 Å². The second-order valence-corrected chi connectivity index (χ2v) is 3.67. The van der Waals surface area contributed by atoms with Crippen LogP contribution < -0.4 is 5.32 Å². The molecule has 1 rings (SSSR count). The van der Waals surface area contributed by atoms with Gasteiger partial charge in [0, 0.05) is 7.11 Å². The molecule has 6 heteroatoms. The molecule has 1 unspecified atom stereocenters. The summed E-state index contributed by atoms with van der Waals surface area (Å²) in [4.78, 5) is 0. The van der Waals surface area contributed by atoms with Crippen LogP contribution in [-0.4, -0.2) is 19.8 Å². The summed E-state index contributed by atoms with van der Waals surface area (Å²) in [5.74, 6) is 0.257. The van der Waals surface area contributed by atoms with Crippen molar-refractivity contribution in [3.05, 3.63) is 23.7 Å². The minimum atomic E-state index is -4.36. The van der Waals surface area contributed by atoms with Crippen molar-refractivity contribution in [1.82, 2.24) is 5.32 Å². The van der Waals surface area contributed by atoms with Gasteiger partial charge in [-0.3, -0.25) is 5.32 Å². The molecule has 0 saturated heterocycles. The van der Waals surface area contributed by atoms with Gasteiger partial charge in [-0.15, -0.1) is 0 Å². The van der Waals surface area contributed by atoms with Gasteiger partial charge >= 0.3 is 6.18 Å². The van der Waals surface area contributed by atoms with Crippen LogP contribution in [-0.2, 0) is 11.3 Å². The summed E-state index contributed by atoms with van der Waals surface area (Å²) in [5.41, 5.74) is 0. The van der Waals surface area contributed by atoms with Gasteiger partial charge < -0.3 is 9.15 Å². The number of ether oxygens (including phenoxy) is 1. The Labute approximate surface area is 97.9 Å². The molecule has 1 aromatic rings. The molecule has 17 heavy (non-hydrogen) atoms. The summed E-state index contributed by atoms with van der Waals surface area (Å²) in [5, 5.41) is 2.42. The zero-order valence-electron chi connectivity index (χ0n) is 9.80. The molecule has 0 radical (unpaired) electrons. The molecule has 0 spiro atoms. The van der Waals surface area contributed by atoms with Gasteiger partial charge in [0.05, 0.1) is 0 Å². The molecule has 1 atom stereocenters. The third-order valence-corrected chi connectivity index (χ3v) is 2.18. The molecule has 0 aliphatic heterocycles. The summed E-state index contributed by atoms with van der Waals surface area (Å²) in [6, 6.07) is 1.06. The summed E-state index contributed by atoms with van der Waals surface area (Å²) in [6.45, 7) is 2.25. The summed E-state index contributed by atoms with van der Waals surface area (Å²) in [7, 11) is 1.46. The van der Waals surface area contributed by atoms with E-state index >= 15 is 0 Å². The number of halogens is 3. The van der Waals surface area contributed by atoms with E-state index < -0.39 is 12.2 Å². The van der Waals surface area contributed by atoms with Gasteiger partial charge in [-0.25, -0.2) is 0 Å². The van der Waals surface area contributed by atoms with Crippen molar-refractivity contribution >= 4 is 0 Å². The van der Waals surface area contributed by atoms with Gasteiger partial charge in [-0.2, -0.15) is 13.2 Å². The molecular formula is C11H16F3NO2. The highest BCUT2D eigenvalue weighted by Gasteiger charge is 2.42. The number of nitrogens with one attached hydrogen (secondary N) is 1. The Kier molecular flexibility index (Phi) is 5.02. The molecule has 1 heterocycles. The zero-order chi connectivity index (χ0) is 12.9. The van der Waals surface area contributed by atoms with E-state index in [4.69, 9.17) is 9.15 Å². The zero-order valence-corrected chi connectivity index (χ0v) is 9.80. The highest BCUT2D eigenvalue weighted by molar-refractivity contribution is 5.12. The molecule has 0 aliphatic carbocycles. The highest BCUT2D eigenvalue weighted by Crippen LogP contribution is 2.33. The van der Waals surface area contributed by atoms with E-state index in [2.05, 4.69) is 5.32 Å². The Morgan fingerprint density at radius 1 is 1.41 bits per heavy atom. The van der Waals surface area contributed by atoms with Crippen molar-refractivity contribution in [3.8, 4) is 0 Å². The molecule has 0 aromatic carbocycles. The lowest BCUT2D eigenvalue weighted by molar-refractivity contribution is -0.161. The predicted octanol–water partition coefficient (Wildman–Crippen LogP) is 3.03. The molecule has 0 amide bonds. The second kappa shape index (κ2) is 6.07. The maximum absolute atomic E-state index is 12.8. The van der Waals surface area contributed by atoms with Crippen molar-refractivity contribution in [2.75, 3.05) is 13.7 Å². The van der Waals surface area contributed by atoms with Crippen molar-refractivity contribution < 1.29 is 22.3 Å². The fourth-order valence-corrected chi connectivity index (χ4v) is 1.44. The summed E-state index contributed by atoms with van der Waals surface area (Å²) in [6.07, 6.45) is -3.74. The SMILES string of the molecule is CCCNC(c1ccc(COC)o1)C(F)(F)F. The molecule has 0 fully saturated rings. The predicted molar refractivity (Wildman–Crippen MR) is 56.5 cm³/mol. The van der Waals surface area contributed by atoms with E-state index in [1.807, 2.05) is 0 Å². The lowest BCUT2D eigenvalue weighted by Crippen LogP contribution is -2.34. The minimum absolute atomic E-state index is 0.127. The Morgan fingerprint density at radius 2 is 2.12 bits per heavy atom. The Balaban J connectivity index is 2.80. The smallest absolute Gasteiger partial charge is 0.410 e. The third kappa shape index (κ3) is 4.05. The minimum Gasteiger partial charge on any atom is -0.462 e. The van der Waals surface area contributed by atoms with Gasteiger partial charge in [0.2, 0.25) is 0 Å². The van der Waals surface area contributed by atoms with Gasteiger partial charge in [-0.05, 0) is 25.1 Å². The van der Waals surface area contributed by atoms with Gasteiger partial charge in [-0.1, -0.05) is 6.92 Å². The molecule has 0 bridgehead atoms. The Morgan fingerprint density at radius 3 is 2.65 bits per heavy atom. The lowest BCUT2D eigenvalue weighted by atomic mass is 10.2. The normalized spacial score (nSPS) is 13.9. The van der Waals surface area contributed by atoms with Crippen molar-refractivity contribution in [3.63, 3.8) is 0 Å². The van der Waals surface area contributed by atoms with E-state index in [9.17, 15) is 13.2 Å². The van der Waals surface area contributed by atoms with Crippen LogP contribution in [0.3, 0.4) is 0 Å². The van der Waals surface area contributed by atoms with Crippen molar-refractivity contribution in [2.45, 2.75) is 32.2 Å². The average molecular weight is 251 g/mol. The first kappa shape index (κ1) is 14.1.